The second kappa shape index (κ2) is 7.22. The smallest absolute Gasteiger partial charge is 0.304 e. The first-order valence-corrected chi connectivity index (χ1v) is 11.1. The number of rotatable bonds is 5. The first-order chi connectivity index (χ1) is 12.8. The quantitative estimate of drug-likeness (QED) is 0.578. The molecule has 0 aromatic carbocycles. The average Bonchev–Trinajstić information content (AvgIpc) is 3.40. The Hall–Kier alpha value is -0.810. The minimum absolute atomic E-state index is 0.0339. The number of aliphatic hydroxyl groups excluding tert-OH is 2. The zero-order valence-corrected chi connectivity index (χ0v) is 15.9. The molecule has 0 bridgehead atoms. The van der Waals surface area contributed by atoms with Crippen LogP contribution in [0.4, 0.5) is 4.39 Å². The number of nitrogens with one attached hydrogen (secondary N) is 1. The largest absolute Gasteiger partial charge is 0.391 e. The van der Waals surface area contributed by atoms with E-state index in [1.54, 1.807) is 0 Å². The first kappa shape index (κ1) is 19.5. The zero-order valence-electron chi connectivity index (χ0n) is 15.0. The van der Waals surface area contributed by atoms with Gasteiger partial charge >= 0.3 is 10.2 Å². The van der Waals surface area contributed by atoms with Crippen LogP contribution in [0.5, 0.6) is 0 Å². The molecule has 27 heavy (non-hydrogen) atoms. The normalized spacial score (nSPS) is 43.1. The van der Waals surface area contributed by atoms with Crippen molar-refractivity contribution in [3.63, 3.8) is 0 Å². The van der Waals surface area contributed by atoms with Crippen molar-refractivity contribution in [2.75, 3.05) is 13.2 Å². The van der Waals surface area contributed by atoms with E-state index in [0.29, 0.717) is 25.2 Å². The SMILES string of the molecule is O=C1CN(C2C(O)CC3CCC(OCC(O)C4CC4)CC3C2F)S(=O)(=O)N1. The number of carbonyl (C=O) groups is 1. The van der Waals surface area contributed by atoms with Crippen LogP contribution in [0.25, 0.3) is 0 Å². The highest BCUT2D eigenvalue weighted by atomic mass is 32.2. The number of hydrogen-bond donors (Lipinski definition) is 3. The van der Waals surface area contributed by atoms with Gasteiger partial charge < -0.3 is 14.9 Å². The van der Waals surface area contributed by atoms with Gasteiger partial charge in [-0.25, -0.2) is 9.11 Å². The van der Waals surface area contributed by atoms with Gasteiger partial charge in [0.15, 0.2) is 0 Å². The molecule has 1 aliphatic heterocycles. The summed E-state index contributed by atoms with van der Waals surface area (Å²) in [6.45, 7) is -0.218. The van der Waals surface area contributed by atoms with E-state index in [1.165, 1.54) is 0 Å². The Bertz CT molecular complexity index is 687. The lowest BCUT2D eigenvalue weighted by molar-refractivity contribution is -0.121. The first-order valence-electron chi connectivity index (χ1n) is 9.70. The van der Waals surface area contributed by atoms with Crippen LogP contribution in [-0.2, 0) is 19.7 Å². The molecule has 1 saturated heterocycles. The number of fused-ring (bicyclic) bond motifs is 1. The zero-order chi connectivity index (χ0) is 19.3. The third kappa shape index (κ3) is 3.87. The summed E-state index contributed by atoms with van der Waals surface area (Å²) in [5.41, 5.74) is 0. The Balaban J connectivity index is 1.43. The summed E-state index contributed by atoms with van der Waals surface area (Å²) in [4.78, 5) is 11.5. The van der Waals surface area contributed by atoms with Crippen LogP contribution in [-0.4, -0.2) is 72.5 Å². The molecule has 8 nitrogen and oxygen atoms in total. The fourth-order valence-corrected chi connectivity index (χ4v) is 6.24. The second-order valence-electron chi connectivity index (χ2n) is 8.41. The molecule has 7 unspecified atom stereocenters. The summed E-state index contributed by atoms with van der Waals surface area (Å²) in [5.74, 6) is -0.861. The molecule has 4 aliphatic rings. The number of halogens is 1. The number of ether oxygens (including phenoxy) is 1. The summed E-state index contributed by atoms with van der Waals surface area (Å²) in [5, 5.41) is 20.4. The van der Waals surface area contributed by atoms with Crippen LogP contribution in [0.15, 0.2) is 0 Å². The summed E-state index contributed by atoms with van der Waals surface area (Å²) in [7, 11) is -4.11. The lowest BCUT2D eigenvalue weighted by atomic mass is 9.66. The van der Waals surface area contributed by atoms with Gasteiger partial charge in [0.05, 0.1) is 37.5 Å². The van der Waals surface area contributed by atoms with Crippen molar-refractivity contribution in [3.8, 4) is 0 Å². The standard InChI is InChI=1S/C17H27FN2O6S/c18-16-12-6-11(26-8-14(22)9-1-2-9)4-3-10(12)5-13(21)17(16)20-7-15(23)19-27(20,24)25/h9-14,16-17,21-22H,1-8H2,(H,19,23). The number of aliphatic hydroxyl groups is 2. The predicted molar refractivity (Wildman–Crippen MR) is 92.4 cm³/mol. The molecule has 3 aliphatic carbocycles. The second-order valence-corrected chi connectivity index (χ2v) is 10.0. The minimum atomic E-state index is -4.11. The molecule has 0 aromatic heterocycles. The Morgan fingerprint density at radius 3 is 2.63 bits per heavy atom. The lowest BCUT2D eigenvalue weighted by Gasteiger charge is -2.47. The molecule has 7 atom stereocenters. The molecule has 4 rings (SSSR count). The van der Waals surface area contributed by atoms with Crippen LogP contribution in [0, 0.1) is 17.8 Å². The van der Waals surface area contributed by atoms with Crippen LogP contribution >= 0.6 is 0 Å². The third-order valence-electron chi connectivity index (χ3n) is 6.53. The number of amides is 1. The lowest BCUT2D eigenvalue weighted by Crippen LogP contribution is -2.59. The van der Waals surface area contributed by atoms with E-state index < -0.39 is 53.0 Å². The predicted octanol–water partition coefficient (Wildman–Crippen LogP) is -0.293. The molecule has 154 valence electrons. The Morgan fingerprint density at radius 2 is 2.00 bits per heavy atom. The van der Waals surface area contributed by atoms with E-state index in [9.17, 15) is 23.4 Å². The van der Waals surface area contributed by atoms with Crippen molar-refractivity contribution in [1.29, 1.82) is 0 Å². The molecule has 0 spiro atoms. The maximum absolute atomic E-state index is 15.4. The van der Waals surface area contributed by atoms with E-state index >= 15 is 4.39 Å². The fraction of sp³-hybridized carbons (Fsp3) is 0.941. The van der Waals surface area contributed by atoms with Crippen molar-refractivity contribution in [1.82, 2.24) is 9.03 Å². The maximum Gasteiger partial charge on any atom is 0.304 e. The van der Waals surface area contributed by atoms with Crippen LogP contribution in [0.3, 0.4) is 0 Å². The van der Waals surface area contributed by atoms with Gasteiger partial charge in [-0.2, -0.15) is 12.7 Å². The molecule has 3 N–H and O–H groups in total. The molecule has 10 heteroatoms. The molecule has 1 heterocycles. The van der Waals surface area contributed by atoms with E-state index in [0.717, 1.165) is 23.6 Å². The maximum atomic E-state index is 15.4. The summed E-state index contributed by atoms with van der Waals surface area (Å²) >= 11 is 0. The monoisotopic (exact) mass is 406 g/mol. The number of hydrogen-bond acceptors (Lipinski definition) is 6. The molecular formula is C17H27FN2O6S. The highest BCUT2D eigenvalue weighted by Gasteiger charge is 2.53. The van der Waals surface area contributed by atoms with Crippen LogP contribution in [0.2, 0.25) is 0 Å². The Kier molecular flexibility index (Phi) is 5.21. The fourth-order valence-electron chi connectivity index (χ4n) is 4.91. The topological polar surface area (TPSA) is 116 Å². The molecule has 1 amide bonds. The van der Waals surface area contributed by atoms with Gasteiger partial charge in [-0.15, -0.1) is 0 Å². The van der Waals surface area contributed by atoms with E-state index in [2.05, 4.69) is 0 Å². The number of carbonyl (C=O) groups excluding carboxylic acids is 1. The highest BCUT2D eigenvalue weighted by molar-refractivity contribution is 7.88. The Labute approximate surface area is 158 Å². The molecule has 3 saturated carbocycles. The molecule has 0 aromatic rings. The highest BCUT2D eigenvalue weighted by Crippen LogP contribution is 2.45. The molecule has 0 radical (unpaired) electrons. The van der Waals surface area contributed by atoms with Crippen molar-refractivity contribution < 1.29 is 32.6 Å². The minimum Gasteiger partial charge on any atom is -0.391 e. The van der Waals surface area contributed by atoms with Gasteiger partial charge in [-0.05, 0) is 56.3 Å². The van der Waals surface area contributed by atoms with Crippen LogP contribution in [0.1, 0.15) is 38.5 Å². The summed E-state index contributed by atoms with van der Waals surface area (Å²) in [6, 6.07) is -1.26. The van der Waals surface area contributed by atoms with Crippen molar-refractivity contribution in [2.45, 2.75) is 69.1 Å². The van der Waals surface area contributed by atoms with E-state index in [1.807, 2.05) is 4.72 Å². The summed E-state index contributed by atoms with van der Waals surface area (Å²) in [6.07, 6.45) is 0.855. The van der Waals surface area contributed by atoms with E-state index in [4.69, 9.17) is 4.74 Å². The number of alkyl halides is 1. The van der Waals surface area contributed by atoms with Crippen molar-refractivity contribution in [3.05, 3.63) is 0 Å². The van der Waals surface area contributed by atoms with Crippen LogP contribution < -0.4 is 4.72 Å². The van der Waals surface area contributed by atoms with Crippen molar-refractivity contribution in [2.24, 2.45) is 17.8 Å². The Morgan fingerprint density at radius 1 is 1.26 bits per heavy atom. The summed E-state index contributed by atoms with van der Waals surface area (Å²) < 4.78 is 48.0. The number of nitrogens with zero attached hydrogens (tertiary/aromatic N) is 1. The molecule has 4 fully saturated rings. The van der Waals surface area contributed by atoms with Crippen molar-refractivity contribution >= 4 is 16.1 Å². The van der Waals surface area contributed by atoms with E-state index in [-0.39, 0.29) is 18.6 Å². The van der Waals surface area contributed by atoms with Gasteiger partial charge in [0, 0.05) is 0 Å². The van der Waals surface area contributed by atoms with Gasteiger partial charge in [0.1, 0.15) is 6.17 Å². The van der Waals surface area contributed by atoms with Gasteiger partial charge in [0.2, 0.25) is 5.91 Å². The van der Waals surface area contributed by atoms with Gasteiger partial charge in [-0.3, -0.25) is 4.79 Å². The van der Waals surface area contributed by atoms with Gasteiger partial charge in [0.25, 0.3) is 0 Å². The third-order valence-corrected chi connectivity index (χ3v) is 8.00. The average molecular weight is 406 g/mol. The van der Waals surface area contributed by atoms with Gasteiger partial charge in [-0.1, -0.05) is 0 Å². The molecular weight excluding hydrogens is 379 g/mol.